The van der Waals surface area contributed by atoms with Crippen molar-refractivity contribution in [1.29, 1.82) is 0 Å². The van der Waals surface area contributed by atoms with Crippen LogP contribution in [0.3, 0.4) is 0 Å². The predicted octanol–water partition coefficient (Wildman–Crippen LogP) is 3.51. The molecule has 82 valence electrons. The lowest BCUT2D eigenvalue weighted by Crippen LogP contribution is -2.30. The molecule has 2 N–H and O–H groups in total. The second-order valence-electron chi connectivity index (χ2n) is 4.54. The van der Waals surface area contributed by atoms with E-state index in [1.807, 2.05) is 0 Å². The quantitative estimate of drug-likeness (QED) is 0.892. The van der Waals surface area contributed by atoms with Gasteiger partial charge in [-0.2, -0.15) is 0 Å². The molecule has 1 unspecified atom stereocenters. The number of hydrogen-bond acceptors (Lipinski definition) is 1. The van der Waals surface area contributed by atoms with E-state index in [4.69, 9.17) is 5.73 Å². The molecule has 1 aromatic rings. The first-order chi connectivity index (χ1) is 7.25. The summed E-state index contributed by atoms with van der Waals surface area (Å²) in [6, 6.07) is 8.83. The van der Waals surface area contributed by atoms with Crippen LogP contribution in [-0.2, 0) is 6.42 Å². The van der Waals surface area contributed by atoms with E-state index in [0.29, 0.717) is 6.04 Å². The molecule has 1 atom stereocenters. The first kappa shape index (κ1) is 11.2. The Morgan fingerprint density at radius 2 is 2.07 bits per heavy atom. The number of hydrogen-bond donors (Lipinski definition) is 1. The average molecular weight is 268 g/mol. The van der Waals surface area contributed by atoms with E-state index >= 15 is 0 Å². The molecule has 1 nitrogen and oxygen atoms in total. The lowest BCUT2D eigenvalue weighted by Gasteiger charge is -2.18. The van der Waals surface area contributed by atoms with Crippen molar-refractivity contribution in [2.45, 2.75) is 38.1 Å². The third-order valence-electron chi connectivity index (χ3n) is 3.37. The molecule has 0 heterocycles. The third kappa shape index (κ3) is 3.05. The van der Waals surface area contributed by atoms with Crippen LogP contribution in [0.15, 0.2) is 28.7 Å². The summed E-state index contributed by atoms with van der Waals surface area (Å²) < 4.78 is 1.15. The van der Waals surface area contributed by atoms with Crippen molar-refractivity contribution in [3.8, 4) is 0 Å². The van der Waals surface area contributed by atoms with Crippen LogP contribution in [0.2, 0.25) is 0 Å². The molecule has 2 rings (SSSR count). The molecule has 2 heteroatoms. The summed E-state index contributed by atoms with van der Waals surface area (Å²) in [5.41, 5.74) is 7.60. The van der Waals surface area contributed by atoms with E-state index in [1.54, 1.807) is 0 Å². The van der Waals surface area contributed by atoms with Gasteiger partial charge in [0.25, 0.3) is 0 Å². The second-order valence-corrected chi connectivity index (χ2v) is 5.46. The van der Waals surface area contributed by atoms with Gasteiger partial charge in [-0.1, -0.05) is 40.9 Å². The molecule has 0 aliphatic heterocycles. The van der Waals surface area contributed by atoms with Crippen LogP contribution in [-0.4, -0.2) is 6.04 Å². The molecule has 1 aliphatic rings. The summed E-state index contributed by atoms with van der Waals surface area (Å²) in [4.78, 5) is 0. The van der Waals surface area contributed by atoms with Gasteiger partial charge in [-0.15, -0.1) is 0 Å². The summed E-state index contributed by atoms with van der Waals surface area (Å²) in [7, 11) is 0. The summed E-state index contributed by atoms with van der Waals surface area (Å²) in [5, 5.41) is 0. The van der Waals surface area contributed by atoms with E-state index in [2.05, 4.69) is 40.2 Å². The van der Waals surface area contributed by atoms with Crippen molar-refractivity contribution in [2.24, 2.45) is 11.7 Å². The van der Waals surface area contributed by atoms with Gasteiger partial charge in [0.2, 0.25) is 0 Å². The van der Waals surface area contributed by atoms with Gasteiger partial charge in [0, 0.05) is 10.5 Å². The fourth-order valence-corrected chi connectivity index (χ4v) is 2.93. The summed E-state index contributed by atoms with van der Waals surface area (Å²) in [6.07, 6.45) is 6.42. The highest BCUT2D eigenvalue weighted by atomic mass is 79.9. The maximum atomic E-state index is 6.25. The fourth-order valence-electron chi connectivity index (χ4n) is 2.49. The van der Waals surface area contributed by atoms with Crippen molar-refractivity contribution in [2.75, 3.05) is 0 Å². The summed E-state index contributed by atoms with van der Waals surface area (Å²) >= 11 is 3.49. The number of rotatable bonds is 3. The SMILES string of the molecule is NC(Cc1cccc(Br)c1)C1CCCC1. The van der Waals surface area contributed by atoms with Crippen LogP contribution < -0.4 is 5.73 Å². The van der Waals surface area contributed by atoms with Crippen LogP contribution in [0, 0.1) is 5.92 Å². The molecule has 1 saturated carbocycles. The molecule has 1 aromatic carbocycles. The van der Waals surface area contributed by atoms with Crippen molar-refractivity contribution in [3.05, 3.63) is 34.3 Å². The lowest BCUT2D eigenvalue weighted by molar-refractivity contribution is 0.429. The molecule has 1 fully saturated rings. The Bertz CT molecular complexity index is 318. The first-order valence-corrected chi connectivity index (χ1v) is 6.55. The van der Waals surface area contributed by atoms with Crippen molar-refractivity contribution < 1.29 is 0 Å². The molecular formula is C13H18BrN. The Morgan fingerprint density at radius 3 is 2.73 bits per heavy atom. The summed E-state index contributed by atoms with van der Waals surface area (Å²) in [6.45, 7) is 0. The van der Waals surface area contributed by atoms with Gasteiger partial charge in [0.05, 0.1) is 0 Å². The Morgan fingerprint density at radius 1 is 1.33 bits per heavy atom. The predicted molar refractivity (Wildman–Crippen MR) is 67.8 cm³/mol. The third-order valence-corrected chi connectivity index (χ3v) is 3.86. The van der Waals surface area contributed by atoms with Gasteiger partial charge in [0.15, 0.2) is 0 Å². The van der Waals surface area contributed by atoms with Crippen LogP contribution >= 0.6 is 15.9 Å². The van der Waals surface area contributed by atoms with Crippen LogP contribution in [0.25, 0.3) is 0 Å². The van der Waals surface area contributed by atoms with Gasteiger partial charge in [-0.05, 0) is 42.9 Å². The zero-order chi connectivity index (χ0) is 10.7. The monoisotopic (exact) mass is 267 g/mol. The Hall–Kier alpha value is -0.340. The second kappa shape index (κ2) is 5.13. The number of benzene rings is 1. The Kier molecular flexibility index (Phi) is 3.81. The molecule has 15 heavy (non-hydrogen) atoms. The largest absolute Gasteiger partial charge is 0.327 e. The smallest absolute Gasteiger partial charge is 0.0178 e. The van der Waals surface area contributed by atoms with Crippen LogP contribution in [0.1, 0.15) is 31.2 Å². The Balaban J connectivity index is 1.95. The molecule has 1 aliphatic carbocycles. The zero-order valence-electron chi connectivity index (χ0n) is 8.95. The number of nitrogens with two attached hydrogens (primary N) is 1. The van der Waals surface area contributed by atoms with E-state index in [0.717, 1.165) is 16.8 Å². The van der Waals surface area contributed by atoms with Gasteiger partial charge in [-0.3, -0.25) is 0 Å². The fraction of sp³-hybridized carbons (Fsp3) is 0.538. The molecular weight excluding hydrogens is 250 g/mol. The summed E-state index contributed by atoms with van der Waals surface area (Å²) in [5.74, 6) is 0.754. The Labute approximate surface area is 100 Å². The highest BCUT2D eigenvalue weighted by Gasteiger charge is 2.21. The highest BCUT2D eigenvalue weighted by Crippen LogP contribution is 2.28. The minimum absolute atomic E-state index is 0.349. The van der Waals surface area contributed by atoms with Gasteiger partial charge >= 0.3 is 0 Å². The van der Waals surface area contributed by atoms with Gasteiger partial charge < -0.3 is 5.73 Å². The van der Waals surface area contributed by atoms with Crippen molar-refractivity contribution in [3.63, 3.8) is 0 Å². The standard InChI is InChI=1S/C13H18BrN/c14-12-7-3-4-10(8-12)9-13(15)11-5-1-2-6-11/h3-4,7-8,11,13H,1-2,5-6,9,15H2. The topological polar surface area (TPSA) is 26.0 Å². The van der Waals surface area contributed by atoms with E-state index in [1.165, 1.54) is 31.2 Å². The lowest BCUT2D eigenvalue weighted by atomic mass is 9.93. The van der Waals surface area contributed by atoms with Gasteiger partial charge in [0.1, 0.15) is 0 Å². The highest BCUT2D eigenvalue weighted by molar-refractivity contribution is 9.10. The zero-order valence-corrected chi connectivity index (χ0v) is 10.5. The van der Waals surface area contributed by atoms with E-state index < -0.39 is 0 Å². The van der Waals surface area contributed by atoms with Crippen molar-refractivity contribution >= 4 is 15.9 Å². The average Bonchev–Trinajstić information content (AvgIpc) is 2.70. The van der Waals surface area contributed by atoms with Crippen LogP contribution in [0.4, 0.5) is 0 Å². The minimum Gasteiger partial charge on any atom is -0.327 e. The van der Waals surface area contributed by atoms with Crippen LogP contribution in [0.5, 0.6) is 0 Å². The van der Waals surface area contributed by atoms with E-state index in [9.17, 15) is 0 Å². The molecule has 0 amide bonds. The normalized spacial score (nSPS) is 19.3. The van der Waals surface area contributed by atoms with Gasteiger partial charge in [-0.25, -0.2) is 0 Å². The van der Waals surface area contributed by atoms with Crippen molar-refractivity contribution in [1.82, 2.24) is 0 Å². The molecule has 0 aromatic heterocycles. The maximum absolute atomic E-state index is 6.25. The molecule has 0 radical (unpaired) electrons. The maximum Gasteiger partial charge on any atom is 0.0178 e. The molecule has 0 bridgehead atoms. The van der Waals surface area contributed by atoms with E-state index in [-0.39, 0.29) is 0 Å². The molecule has 0 spiro atoms. The first-order valence-electron chi connectivity index (χ1n) is 5.76. The number of halogens is 1. The minimum atomic E-state index is 0.349. The molecule has 0 saturated heterocycles.